The Balaban J connectivity index is 1.69. The summed E-state index contributed by atoms with van der Waals surface area (Å²) in [7, 11) is 0. The standard InChI is InChI=1S/C15H16Cl2N4O2/c1-9-8-21(5-4-18-9)14(22)7-13-19-15(23-20-13)10-2-3-11(16)12(17)6-10/h2-3,6,9,18H,4-5,7-8H2,1H3/t9-/m1/s1. The summed E-state index contributed by atoms with van der Waals surface area (Å²) in [5.74, 6) is 0.683. The Morgan fingerprint density at radius 2 is 2.26 bits per heavy atom. The maximum Gasteiger partial charge on any atom is 0.257 e. The average molecular weight is 355 g/mol. The zero-order chi connectivity index (χ0) is 16.4. The van der Waals surface area contributed by atoms with Gasteiger partial charge in [-0.2, -0.15) is 4.98 Å². The molecule has 1 aromatic heterocycles. The lowest BCUT2D eigenvalue weighted by Crippen LogP contribution is -2.51. The molecule has 1 fully saturated rings. The van der Waals surface area contributed by atoms with E-state index < -0.39 is 0 Å². The van der Waals surface area contributed by atoms with Gasteiger partial charge in [-0.25, -0.2) is 0 Å². The van der Waals surface area contributed by atoms with Crippen LogP contribution in [0.1, 0.15) is 12.7 Å². The Morgan fingerprint density at radius 1 is 1.43 bits per heavy atom. The van der Waals surface area contributed by atoms with E-state index in [1.807, 2.05) is 4.90 Å². The van der Waals surface area contributed by atoms with Crippen molar-refractivity contribution in [3.63, 3.8) is 0 Å². The fraction of sp³-hybridized carbons (Fsp3) is 0.400. The Bertz CT molecular complexity index is 719. The highest BCUT2D eigenvalue weighted by Gasteiger charge is 2.22. The topological polar surface area (TPSA) is 71.3 Å². The van der Waals surface area contributed by atoms with Crippen molar-refractivity contribution in [2.24, 2.45) is 0 Å². The number of carbonyl (C=O) groups is 1. The molecule has 1 N–H and O–H groups in total. The molecule has 1 aliphatic rings. The predicted molar refractivity (Wildman–Crippen MR) is 87.5 cm³/mol. The van der Waals surface area contributed by atoms with Crippen molar-refractivity contribution < 1.29 is 9.32 Å². The van der Waals surface area contributed by atoms with Crippen LogP contribution in [0.15, 0.2) is 22.7 Å². The second-order valence-electron chi connectivity index (χ2n) is 5.52. The van der Waals surface area contributed by atoms with E-state index in [-0.39, 0.29) is 12.3 Å². The third-order valence-electron chi connectivity index (χ3n) is 3.67. The van der Waals surface area contributed by atoms with E-state index >= 15 is 0 Å². The molecule has 0 radical (unpaired) electrons. The molecule has 2 heterocycles. The SMILES string of the molecule is C[C@@H]1CN(C(=O)Cc2noc(-c3ccc(Cl)c(Cl)c3)n2)CCN1. The van der Waals surface area contributed by atoms with Crippen LogP contribution in [0.25, 0.3) is 11.5 Å². The molecule has 0 spiro atoms. The van der Waals surface area contributed by atoms with Crippen LogP contribution in [0.4, 0.5) is 0 Å². The summed E-state index contributed by atoms with van der Waals surface area (Å²) in [4.78, 5) is 18.4. The van der Waals surface area contributed by atoms with Gasteiger partial charge in [0, 0.05) is 31.2 Å². The molecule has 1 aliphatic heterocycles. The molecule has 23 heavy (non-hydrogen) atoms. The lowest BCUT2D eigenvalue weighted by atomic mass is 10.2. The average Bonchev–Trinajstić information content (AvgIpc) is 2.98. The van der Waals surface area contributed by atoms with Gasteiger partial charge in [0.25, 0.3) is 5.89 Å². The Hall–Kier alpha value is -1.63. The number of piperazine rings is 1. The summed E-state index contributed by atoms with van der Waals surface area (Å²) in [5.41, 5.74) is 0.668. The van der Waals surface area contributed by atoms with Crippen LogP contribution in [0.5, 0.6) is 0 Å². The molecule has 3 rings (SSSR count). The molecular formula is C15H16Cl2N4O2. The highest BCUT2D eigenvalue weighted by Crippen LogP contribution is 2.27. The number of hydrogen-bond donors (Lipinski definition) is 1. The summed E-state index contributed by atoms with van der Waals surface area (Å²) in [6.45, 7) is 4.24. The molecule has 0 bridgehead atoms. The van der Waals surface area contributed by atoms with Crippen molar-refractivity contribution in [3.8, 4) is 11.5 Å². The molecule has 1 saturated heterocycles. The van der Waals surface area contributed by atoms with Crippen LogP contribution in [0, 0.1) is 0 Å². The fourth-order valence-corrected chi connectivity index (χ4v) is 2.78. The minimum absolute atomic E-state index is 0.000150. The first-order valence-corrected chi connectivity index (χ1v) is 8.07. The van der Waals surface area contributed by atoms with Gasteiger partial charge in [0.2, 0.25) is 5.91 Å². The van der Waals surface area contributed by atoms with Crippen molar-refractivity contribution in [2.45, 2.75) is 19.4 Å². The molecule has 0 unspecified atom stereocenters. The molecule has 2 aromatic rings. The number of nitrogens with zero attached hydrogens (tertiary/aromatic N) is 3. The van der Waals surface area contributed by atoms with E-state index in [2.05, 4.69) is 22.4 Å². The van der Waals surface area contributed by atoms with Crippen LogP contribution in [-0.4, -0.2) is 46.6 Å². The molecule has 0 saturated carbocycles. The zero-order valence-electron chi connectivity index (χ0n) is 12.6. The first-order valence-electron chi connectivity index (χ1n) is 7.32. The smallest absolute Gasteiger partial charge is 0.257 e. The van der Waals surface area contributed by atoms with Gasteiger partial charge in [0.1, 0.15) is 0 Å². The van der Waals surface area contributed by atoms with E-state index in [4.69, 9.17) is 27.7 Å². The third kappa shape index (κ3) is 3.83. The first-order chi connectivity index (χ1) is 11.0. The van der Waals surface area contributed by atoms with Crippen molar-refractivity contribution in [3.05, 3.63) is 34.1 Å². The first kappa shape index (κ1) is 16.2. The van der Waals surface area contributed by atoms with Gasteiger partial charge in [-0.15, -0.1) is 0 Å². The largest absolute Gasteiger partial charge is 0.339 e. The van der Waals surface area contributed by atoms with E-state index in [0.717, 1.165) is 6.54 Å². The molecule has 8 heteroatoms. The summed E-state index contributed by atoms with van der Waals surface area (Å²) in [6.07, 6.45) is 0.123. The summed E-state index contributed by atoms with van der Waals surface area (Å²) >= 11 is 11.9. The summed E-state index contributed by atoms with van der Waals surface area (Å²) in [6, 6.07) is 5.35. The van der Waals surface area contributed by atoms with Crippen molar-refractivity contribution in [1.82, 2.24) is 20.4 Å². The molecule has 1 amide bonds. The number of nitrogens with one attached hydrogen (secondary N) is 1. The van der Waals surface area contributed by atoms with Gasteiger partial charge in [-0.3, -0.25) is 4.79 Å². The summed E-state index contributed by atoms with van der Waals surface area (Å²) in [5, 5.41) is 8.04. The number of aromatic nitrogens is 2. The lowest BCUT2D eigenvalue weighted by molar-refractivity contribution is -0.131. The number of benzene rings is 1. The van der Waals surface area contributed by atoms with Gasteiger partial charge >= 0.3 is 0 Å². The molecule has 122 valence electrons. The predicted octanol–water partition coefficient (Wildman–Crippen LogP) is 2.41. The van der Waals surface area contributed by atoms with Crippen molar-refractivity contribution in [2.75, 3.05) is 19.6 Å². The Labute approximate surface area is 143 Å². The second kappa shape index (κ2) is 6.86. The van der Waals surface area contributed by atoms with Gasteiger partial charge < -0.3 is 14.7 Å². The lowest BCUT2D eigenvalue weighted by Gasteiger charge is -2.31. The van der Waals surface area contributed by atoms with E-state index in [9.17, 15) is 4.79 Å². The summed E-state index contributed by atoms with van der Waals surface area (Å²) < 4.78 is 5.21. The van der Waals surface area contributed by atoms with E-state index in [0.29, 0.717) is 46.5 Å². The van der Waals surface area contributed by atoms with E-state index in [1.54, 1.807) is 18.2 Å². The number of carbonyl (C=O) groups excluding carboxylic acids is 1. The van der Waals surface area contributed by atoms with Crippen LogP contribution in [-0.2, 0) is 11.2 Å². The highest BCUT2D eigenvalue weighted by molar-refractivity contribution is 6.42. The molecule has 1 aromatic carbocycles. The van der Waals surface area contributed by atoms with E-state index in [1.165, 1.54) is 0 Å². The maximum absolute atomic E-state index is 12.3. The fourth-order valence-electron chi connectivity index (χ4n) is 2.48. The Morgan fingerprint density at radius 3 is 3.00 bits per heavy atom. The number of rotatable bonds is 3. The number of amides is 1. The van der Waals surface area contributed by atoms with Gasteiger partial charge in [0.05, 0.1) is 16.5 Å². The highest BCUT2D eigenvalue weighted by atomic mass is 35.5. The minimum atomic E-state index is -0.000150. The molecular weight excluding hydrogens is 339 g/mol. The monoisotopic (exact) mass is 354 g/mol. The number of hydrogen-bond acceptors (Lipinski definition) is 5. The number of halogens is 2. The third-order valence-corrected chi connectivity index (χ3v) is 4.40. The van der Waals surface area contributed by atoms with Crippen molar-refractivity contribution in [1.29, 1.82) is 0 Å². The molecule has 1 atom stereocenters. The molecule has 6 nitrogen and oxygen atoms in total. The van der Waals surface area contributed by atoms with Crippen LogP contribution >= 0.6 is 23.2 Å². The van der Waals surface area contributed by atoms with Crippen LogP contribution in [0.3, 0.4) is 0 Å². The quantitative estimate of drug-likeness (QED) is 0.916. The Kier molecular flexibility index (Phi) is 4.84. The van der Waals surface area contributed by atoms with Gasteiger partial charge in [-0.05, 0) is 25.1 Å². The van der Waals surface area contributed by atoms with Gasteiger partial charge in [0.15, 0.2) is 5.82 Å². The minimum Gasteiger partial charge on any atom is -0.339 e. The van der Waals surface area contributed by atoms with Crippen LogP contribution in [0.2, 0.25) is 10.0 Å². The van der Waals surface area contributed by atoms with Gasteiger partial charge in [-0.1, -0.05) is 28.4 Å². The molecule has 0 aliphatic carbocycles. The van der Waals surface area contributed by atoms with Crippen LogP contribution < -0.4 is 5.32 Å². The zero-order valence-corrected chi connectivity index (χ0v) is 14.1. The normalized spacial score (nSPS) is 18.2. The second-order valence-corrected chi connectivity index (χ2v) is 6.33. The van der Waals surface area contributed by atoms with Crippen molar-refractivity contribution >= 4 is 29.1 Å². The maximum atomic E-state index is 12.3.